The molecule has 5 aromatic rings. The van der Waals surface area contributed by atoms with Gasteiger partial charge in [-0.05, 0) is 42.8 Å². The molecular weight excluding hydrogens is 370 g/mol. The number of nitrogens with zero attached hydrogens (tertiary/aromatic N) is 5. The number of rotatable bonds is 2. The SMILES string of the molecule is Cc1ccc2c3ccccc3n(-c3ccc(-c4ncc(C#N)cn4)cc3C#N)c2c1. The van der Waals surface area contributed by atoms with Crippen LogP contribution in [-0.2, 0) is 0 Å². The first-order valence-corrected chi connectivity index (χ1v) is 9.46. The number of hydrogen-bond donors (Lipinski definition) is 0. The molecule has 0 fully saturated rings. The fourth-order valence-electron chi connectivity index (χ4n) is 3.83. The maximum atomic E-state index is 9.92. The number of aryl methyl sites for hydroxylation is 1. The molecule has 0 aliphatic carbocycles. The van der Waals surface area contributed by atoms with Gasteiger partial charge in [0.05, 0.1) is 27.8 Å². The van der Waals surface area contributed by atoms with Gasteiger partial charge in [0.15, 0.2) is 5.82 Å². The van der Waals surface area contributed by atoms with Gasteiger partial charge in [-0.3, -0.25) is 0 Å². The highest BCUT2D eigenvalue weighted by atomic mass is 15.0. The molecule has 0 amide bonds. The van der Waals surface area contributed by atoms with Crippen molar-refractivity contribution in [3.63, 3.8) is 0 Å². The third-order valence-corrected chi connectivity index (χ3v) is 5.23. The third-order valence-electron chi connectivity index (χ3n) is 5.23. The van der Waals surface area contributed by atoms with Crippen molar-refractivity contribution in [2.24, 2.45) is 0 Å². The van der Waals surface area contributed by atoms with E-state index in [1.54, 1.807) is 6.07 Å². The molecule has 0 aliphatic heterocycles. The Morgan fingerprint density at radius 2 is 1.57 bits per heavy atom. The quantitative estimate of drug-likeness (QED) is 0.413. The Hall–Kier alpha value is -4.48. The van der Waals surface area contributed by atoms with Gasteiger partial charge in [-0.1, -0.05) is 30.3 Å². The number of hydrogen-bond acceptors (Lipinski definition) is 4. The van der Waals surface area contributed by atoms with Crippen LogP contribution in [0.4, 0.5) is 0 Å². The summed E-state index contributed by atoms with van der Waals surface area (Å²) in [6, 6.07) is 24.6. The largest absolute Gasteiger partial charge is 0.308 e. The van der Waals surface area contributed by atoms with Gasteiger partial charge in [0.2, 0.25) is 0 Å². The molecule has 0 saturated heterocycles. The molecule has 0 unspecified atom stereocenters. The lowest BCUT2D eigenvalue weighted by Gasteiger charge is -2.11. The van der Waals surface area contributed by atoms with Crippen LogP contribution in [0.3, 0.4) is 0 Å². The third kappa shape index (κ3) is 2.70. The fraction of sp³-hybridized carbons (Fsp3) is 0.0400. The number of fused-ring (bicyclic) bond motifs is 3. The Bertz CT molecular complexity index is 1510. The van der Waals surface area contributed by atoms with Crippen LogP contribution in [-0.4, -0.2) is 14.5 Å². The summed E-state index contributed by atoms with van der Waals surface area (Å²) in [5, 5.41) is 21.2. The Labute approximate surface area is 173 Å². The topological polar surface area (TPSA) is 78.3 Å². The van der Waals surface area contributed by atoms with Gasteiger partial charge in [0, 0.05) is 28.7 Å². The summed E-state index contributed by atoms with van der Waals surface area (Å²) >= 11 is 0. The number of nitriles is 2. The molecule has 5 rings (SSSR count). The maximum absolute atomic E-state index is 9.92. The van der Waals surface area contributed by atoms with Crippen molar-refractivity contribution in [3.05, 3.63) is 89.7 Å². The van der Waals surface area contributed by atoms with E-state index < -0.39 is 0 Å². The van der Waals surface area contributed by atoms with Gasteiger partial charge in [0.25, 0.3) is 0 Å². The minimum Gasteiger partial charge on any atom is -0.308 e. The molecule has 0 bridgehead atoms. The van der Waals surface area contributed by atoms with Crippen LogP contribution in [0.2, 0.25) is 0 Å². The van der Waals surface area contributed by atoms with E-state index >= 15 is 0 Å². The van der Waals surface area contributed by atoms with Crippen molar-refractivity contribution in [3.8, 4) is 29.2 Å². The van der Waals surface area contributed by atoms with Gasteiger partial charge >= 0.3 is 0 Å². The lowest BCUT2D eigenvalue weighted by molar-refractivity contribution is 1.14. The number of para-hydroxylation sites is 1. The monoisotopic (exact) mass is 385 g/mol. The highest BCUT2D eigenvalue weighted by molar-refractivity contribution is 6.09. The molecule has 5 heteroatoms. The standard InChI is InChI=1S/C25H15N5/c1-16-6-8-21-20-4-2-3-5-23(20)30(24(21)10-16)22-9-7-18(11-19(22)13-27)25-28-14-17(12-26)15-29-25/h2-11,14-15H,1H3. The van der Waals surface area contributed by atoms with Crippen LogP contribution < -0.4 is 0 Å². The second kappa shape index (κ2) is 6.84. The summed E-state index contributed by atoms with van der Waals surface area (Å²) in [5.41, 5.74) is 5.75. The predicted octanol–water partition coefficient (Wildman–Crippen LogP) is 5.29. The fourth-order valence-corrected chi connectivity index (χ4v) is 3.83. The zero-order valence-electron chi connectivity index (χ0n) is 16.2. The van der Waals surface area contributed by atoms with Crippen LogP contribution in [0, 0.1) is 29.6 Å². The van der Waals surface area contributed by atoms with E-state index in [-0.39, 0.29) is 0 Å². The van der Waals surface area contributed by atoms with Crippen molar-refractivity contribution in [1.82, 2.24) is 14.5 Å². The van der Waals surface area contributed by atoms with Crippen molar-refractivity contribution >= 4 is 21.8 Å². The van der Waals surface area contributed by atoms with Gasteiger partial charge in [-0.25, -0.2) is 9.97 Å². The molecule has 0 radical (unpaired) electrons. The first-order valence-electron chi connectivity index (χ1n) is 9.46. The Kier molecular flexibility index (Phi) is 4.02. The molecular formula is C25H15N5. The summed E-state index contributed by atoms with van der Waals surface area (Å²) in [6.07, 6.45) is 2.97. The summed E-state index contributed by atoms with van der Waals surface area (Å²) in [6.45, 7) is 2.07. The summed E-state index contributed by atoms with van der Waals surface area (Å²) < 4.78 is 2.14. The van der Waals surface area contributed by atoms with E-state index in [4.69, 9.17) is 5.26 Å². The summed E-state index contributed by atoms with van der Waals surface area (Å²) in [4.78, 5) is 8.50. The maximum Gasteiger partial charge on any atom is 0.159 e. The highest BCUT2D eigenvalue weighted by Crippen LogP contribution is 2.34. The molecule has 0 aliphatic rings. The van der Waals surface area contributed by atoms with E-state index in [0.29, 0.717) is 17.0 Å². The summed E-state index contributed by atoms with van der Waals surface area (Å²) in [7, 11) is 0. The average Bonchev–Trinajstić information content (AvgIpc) is 3.12. The minimum atomic E-state index is 0.400. The first-order chi connectivity index (χ1) is 14.7. The molecule has 0 atom stereocenters. The van der Waals surface area contributed by atoms with Crippen LogP contribution >= 0.6 is 0 Å². The molecule has 0 N–H and O–H groups in total. The van der Waals surface area contributed by atoms with Gasteiger partial charge in [0.1, 0.15) is 12.1 Å². The normalized spacial score (nSPS) is 10.8. The molecule has 0 saturated carbocycles. The zero-order chi connectivity index (χ0) is 20.7. The predicted molar refractivity (Wildman–Crippen MR) is 116 cm³/mol. The molecule has 2 aromatic heterocycles. The number of benzene rings is 3. The first kappa shape index (κ1) is 17.6. The lowest BCUT2D eigenvalue weighted by atomic mass is 10.1. The van der Waals surface area contributed by atoms with Gasteiger partial charge < -0.3 is 4.57 Å². The van der Waals surface area contributed by atoms with E-state index in [2.05, 4.69) is 57.9 Å². The highest BCUT2D eigenvalue weighted by Gasteiger charge is 2.16. The van der Waals surface area contributed by atoms with E-state index in [0.717, 1.165) is 38.6 Å². The molecule has 2 heterocycles. The lowest BCUT2D eigenvalue weighted by Crippen LogP contribution is -1.99. The second-order valence-electron chi connectivity index (χ2n) is 7.12. The Balaban J connectivity index is 1.76. The van der Waals surface area contributed by atoms with Gasteiger partial charge in [-0.2, -0.15) is 10.5 Å². The Morgan fingerprint density at radius 3 is 2.33 bits per heavy atom. The van der Waals surface area contributed by atoms with Gasteiger partial charge in [-0.15, -0.1) is 0 Å². The Morgan fingerprint density at radius 1 is 0.800 bits per heavy atom. The van der Waals surface area contributed by atoms with E-state index in [1.807, 2.05) is 30.3 Å². The zero-order valence-corrected chi connectivity index (χ0v) is 16.2. The molecule has 3 aromatic carbocycles. The van der Waals surface area contributed by atoms with Crippen molar-refractivity contribution in [2.45, 2.75) is 6.92 Å². The van der Waals surface area contributed by atoms with Crippen LogP contribution in [0.5, 0.6) is 0 Å². The van der Waals surface area contributed by atoms with Crippen LogP contribution in [0.15, 0.2) is 73.1 Å². The molecule has 140 valence electrons. The second-order valence-corrected chi connectivity index (χ2v) is 7.12. The smallest absolute Gasteiger partial charge is 0.159 e. The van der Waals surface area contributed by atoms with Crippen LogP contribution in [0.1, 0.15) is 16.7 Å². The number of aromatic nitrogens is 3. The van der Waals surface area contributed by atoms with Crippen molar-refractivity contribution in [2.75, 3.05) is 0 Å². The van der Waals surface area contributed by atoms with Crippen molar-refractivity contribution in [1.29, 1.82) is 10.5 Å². The van der Waals surface area contributed by atoms with Crippen molar-refractivity contribution < 1.29 is 0 Å². The van der Waals surface area contributed by atoms with E-state index in [1.165, 1.54) is 12.4 Å². The molecule has 5 nitrogen and oxygen atoms in total. The van der Waals surface area contributed by atoms with Crippen LogP contribution in [0.25, 0.3) is 38.9 Å². The average molecular weight is 385 g/mol. The summed E-state index contributed by atoms with van der Waals surface area (Å²) in [5.74, 6) is 0.482. The van der Waals surface area contributed by atoms with E-state index in [9.17, 15) is 5.26 Å². The minimum absolute atomic E-state index is 0.400. The molecule has 30 heavy (non-hydrogen) atoms. The molecule has 0 spiro atoms.